The van der Waals surface area contributed by atoms with Gasteiger partial charge in [-0.3, -0.25) is 14.9 Å². The molecule has 1 aromatic carbocycles. The second-order valence-corrected chi connectivity index (χ2v) is 4.25. The Morgan fingerprint density at radius 3 is 2.67 bits per heavy atom. The van der Waals surface area contributed by atoms with Crippen LogP contribution in [0, 0.1) is 10.1 Å². The molecule has 0 aliphatic heterocycles. The lowest BCUT2D eigenvalue weighted by Crippen LogP contribution is -2.18. The van der Waals surface area contributed by atoms with Gasteiger partial charge in [0.1, 0.15) is 5.15 Å². The minimum Gasteiger partial charge on any atom is -0.267 e. The van der Waals surface area contributed by atoms with Crippen LogP contribution in [0.1, 0.15) is 15.9 Å². The zero-order chi connectivity index (χ0) is 15.2. The summed E-state index contributed by atoms with van der Waals surface area (Å²) in [4.78, 5) is 25.5. The van der Waals surface area contributed by atoms with Crippen molar-refractivity contribution in [3.05, 3.63) is 69.0 Å². The van der Waals surface area contributed by atoms with Gasteiger partial charge in [0.25, 0.3) is 11.6 Å². The van der Waals surface area contributed by atoms with Gasteiger partial charge in [-0.15, -0.1) is 0 Å². The zero-order valence-corrected chi connectivity index (χ0v) is 11.3. The lowest BCUT2D eigenvalue weighted by molar-refractivity contribution is -0.384. The molecule has 106 valence electrons. The molecule has 2 rings (SSSR count). The minimum atomic E-state index is -0.494. The first-order valence-electron chi connectivity index (χ1n) is 5.76. The summed E-state index contributed by atoms with van der Waals surface area (Å²) in [6.45, 7) is 0. The maximum Gasteiger partial charge on any atom is 0.274 e. The Morgan fingerprint density at radius 1 is 1.33 bits per heavy atom. The highest BCUT2D eigenvalue weighted by molar-refractivity contribution is 6.32. The first kappa shape index (κ1) is 14.6. The highest BCUT2D eigenvalue weighted by Gasteiger charge is 2.09. The van der Waals surface area contributed by atoms with Crippen molar-refractivity contribution in [3.63, 3.8) is 0 Å². The molecule has 8 heteroatoms. The van der Waals surface area contributed by atoms with E-state index >= 15 is 0 Å². The van der Waals surface area contributed by atoms with E-state index in [1.807, 2.05) is 0 Å². The second-order valence-electron chi connectivity index (χ2n) is 3.89. The third kappa shape index (κ3) is 3.83. The van der Waals surface area contributed by atoms with Gasteiger partial charge in [0.2, 0.25) is 0 Å². The van der Waals surface area contributed by atoms with Gasteiger partial charge in [0.15, 0.2) is 0 Å². The van der Waals surface area contributed by atoms with Gasteiger partial charge in [-0.2, -0.15) is 5.10 Å². The molecule has 1 amide bonds. The zero-order valence-electron chi connectivity index (χ0n) is 10.6. The molecule has 1 heterocycles. The largest absolute Gasteiger partial charge is 0.274 e. The van der Waals surface area contributed by atoms with Crippen LogP contribution in [0.4, 0.5) is 5.69 Å². The Bertz CT molecular complexity index is 701. The first-order valence-corrected chi connectivity index (χ1v) is 6.14. The number of amides is 1. The van der Waals surface area contributed by atoms with Crippen LogP contribution in [0.5, 0.6) is 0 Å². The van der Waals surface area contributed by atoms with Crippen LogP contribution in [0.25, 0.3) is 0 Å². The van der Waals surface area contributed by atoms with Gasteiger partial charge in [-0.05, 0) is 29.8 Å². The van der Waals surface area contributed by atoms with Crippen LogP contribution < -0.4 is 5.43 Å². The molecule has 21 heavy (non-hydrogen) atoms. The first-order chi connectivity index (χ1) is 10.1. The average Bonchev–Trinajstić information content (AvgIpc) is 2.48. The Morgan fingerprint density at radius 2 is 2.05 bits per heavy atom. The van der Waals surface area contributed by atoms with Crippen molar-refractivity contribution in [2.24, 2.45) is 5.10 Å². The predicted molar refractivity (Wildman–Crippen MR) is 77.4 cm³/mol. The molecule has 0 aliphatic rings. The summed E-state index contributed by atoms with van der Waals surface area (Å²) in [5.41, 5.74) is 3.10. The number of nitro benzene ring substituents is 1. The normalized spacial score (nSPS) is 10.5. The number of nitrogens with zero attached hydrogens (tertiary/aromatic N) is 3. The topological polar surface area (TPSA) is 97.5 Å². The fourth-order valence-corrected chi connectivity index (χ4v) is 1.67. The molecule has 0 radical (unpaired) electrons. The molecule has 7 nitrogen and oxygen atoms in total. The number of pyridine rings is 1. The summed E-state index contributed by atoms with van der Waals surface area (Å²) in [6.07, 6.45) is 2.84. The molecular weight excluding hydrogens is 296 g/mol. The summed E-state index contributed by atoms with van der Waals surface area (Å²) in [7, 11) is 0. The number of non-ortho nitro benzene ring substituents is 1. The molecule has 0 unspecified atom stereocenters. The van der Waals surface area contributed by atoms with Gasteiger partial charge < -0.3 is 0 Å². The van der Waals surface area contributed by atoms with Crippen molar-refractivity contribution in [2.75, 3.05) is 0 Å². The molecule has 0 fully saturated rings. The number of nitro groups is 1. The second kappa shape index (κ2) is 6.58. The molecule has 2 aromatic rings. The van der Waals surface area contributed by atoms with Crippen LogP contribution in [-0.4, -0.2) is 22.0 Å². The number of carbonyl (C=O) groups is 1. The standard InChI is InChI=1S/C13H9ClN4O3/c14-12-11(2-1-7-15-12)13(19)17-16-8-9-3-5-10(6-4-9)18(20)21/h1-8H,(H,17,19). The van der Waals surface area contributed by atoms with Gasteiger partial charge >= 0.3 is 0 Å². The summed E-state index contributed by atoms with van der Waals surface area (Å²) in [6, 6.07) is 8.84. The highest BCUT2D eigenvalue weighted by Crippen LogP contribution is 2.11. The number of hydrogen-bond acceptors (Lipinski definition) is 5. The van der Waals surface area contributed by atoms with E-state index in [0.29, 0.717) is 5.56 Å². The summed E-state index contributed by atoms with van der Waals surface area (Å²) >= 11 is 5.77. The molecule has 0 bridgehead atoms. The maximum absolute atomic E-state index is 11.8. The van der Waals surface area contributed by atoms with Crippen molar-refractivity contribution in [1.82, 2.24) is 10.4 Å². The lowest BCUT2D eigenvalue weighted by atomic mass is 10.2. The van der Waals surface area contributed by atoms with E-state index in [2.05, 4.69) is 15.5 Å². The predicted octanol–water partition coefficient (Wildman–Crippen LogP) is 2.41. The van der Waals surface area contributed by atoms with Crippen LogP contribution in [-0.2, 0) is 0 Å². The highest BCUT2D eigenvalue weighted by atomic mass is 35.5. The van der Waals surface area contributed by atoms with Crippen LogP contribution in [0.3, 0.4) is 0 Å². The van der Waals surface area contributed by atoms with Crippen LogP contribution in [0.15, 0.2) is 47.7 Å². The number of rotatable bonds is 4. The minimum absolute atomic E-state index is 0.0154. The number of hydrogen-bond donors (Lipinski definition) is 1. The van der Waals surface area contributed by atoms with Crippen molar-refractivity contribution in [2.45, 2.75) is 0 Å². The van der Waals surface area contributed by atoms with E-state index in [-0.39, 0.29) is 16.4 Å². The SMILES string of the molecule is O=C(NN=Cc1ccc([N+](=O)[O-])cc1)c1cccnc1Cl. The molecule has 0 saturated heterocycles. The van der Waals surface area contributed by atoms with E-state index < -0.39 is 10.8 Å². The van der Waals surface area contributed by atoms with E-state index in [0.717, 1.165) is 0 Å². The number of hydrazone groups is 1. The van der Waals surface area contributed by atoms with Crippen molar-refractivity contribution >= 4 is 29.4 Å². The summed E-state index contributed by atoms with van der Waals surface area (Å²) in [5, 5.41) is 14.3. The van der Waals surface area contributed by atoms with Gasteiger partial charge in [-0.1, -0.05) is 11.6 Å². The van der Waals surface area contributed by atoms with Crippen molar-refractivity contribution in [1.29, 1.82) is 0 Å². The fourth-order valence-electron chi connectivity index (χ4n) is 1.46. The van der Waals surface area contributed by atoms with Gasteiger partial charge in [0.05, 0.1) is 16.7 Å². The number of nitrogens with one attached hydrogen (secondary N) is 1. The quantitative estimate of drug-likeness (QED) is 0.406. The number of carbonyl (C=O) groups excluding carboxylic acids is 1. The van der Waals surface area contributed by atoms with Crippen molar-refractivity contribution < 1.29 is 9.72 Å². The number of halogens is 1. The summed E-state index contributed by atoms with van der Waals surface area (Å²) in [5.74, 6) is -0.494. The molecule has 0 spiro atoms. The Hall–Kier alpha value is -2.80. The van der Waals surface area contributed by atoms with E-state index in [1.165, 1.54) is 42.7 Å². The Kier molecular flexibility index (Phi) is 4.57. The number of aromatic nitrogens is 1. The van der Waals surface area contributed by atoms with E-state index in [4.69, 9.17) is 11.6 Å². The number of benzene rings is 1. The molecule has 0 aliphatic carbocycles. The monoisotopic (exact) mass is 304 g/mol. The smallest absolute Gasteiger partial charge is 0.267 e. The molecule has 1 aromatic heterocycles. The third-order valence-electron chi connectivity index (χ3n) is 2.49. The Balaban J connectivity index is 2.01. The summed E-state index contributed by atoms with van der Waals surface area (Å²) < 4.78 is 0. The van der Waals surface area contributed by atoms with Gasteiger partial charge in [0, 0.05) is 18.3 Å². The third-order valence-corrected chi connectivity index (χ3v) is 2.79. The molecule has 0 saturated carbocycles. The van der Waals surface area contributed by atoms with Gasteiger partial charge in [-0.25, -0.2) is 10.4 Å². The van der Waals surface area contributed by atoms with E-state index in [9.17, 15) is 14.9 Å². The average molecular weight is 305 g/mol. The fraction of sp³-hybridized carbons (Fsp3) is 0. The van der Waals surface area contributed by atoms with Crippen LogP contribution in [0.2, 0.25) is 5.15 Å². The lowest BCUT2D eigenvalue weighted by Gasteiger charge is -2.00. The Labute approximate surface area is 124 Å². The molecular formula is C13H9ClN4O3. The molecule has 0 atom stereocenters. The molecule has 1 N–H and O–H groups in total. The maximum atomic E-state index is 11.8. The van der Waals surface area contributed by atoms with E-state index in [1.54, 1.807) is 6.07 Å². The van der Waals surface area contributed by atoms with Crippen molar-refractivity contribution in [3.8, 4) is 0 Å². The van der Waals surface area contributed by atoms with Crippen LogP contribution >= 0.6 is 11.6 Å².